The van der Waals surface area contributed by atoms with Crippen molar-refractivity contribution in [3.63, 3.8) is 0 Å². The lowest BCUT2D eigenvalue weighted by Gasteiger charge is -2.19. The number of thiazole rings is 1. The van der Waals surface area contributed by atoms with Gasteiger partial charge in [0, 0.05) is 19.5 Å². The summed E-state index contributed by atoms with van der Waals surface area (Å²) in [6.45, 7) is 0.0336. The lowest BCUT2D eigenvalue weighted by molar-refractivity contribution is -0.140. The normalized spacial score (nSPS) is 12.7. The Morgan fingerprint density at radius 2 is 2.20 bits per heavy atom. The predicted molar refractivity (Wildman–Crippen MR) is 70.7 cm³/mol. The van der Waals surface area contributed by atoms with Gasteiger partial charge in [0.25, 0.3) is 0 Å². The molecular formula is C10H15ClF3N3O2S. The summed E-state index contributed by atoms with van der Waals surface area (Å²) in [5, 5.41) is 1.12. The molecule has 1 atom stereocenters. The highest BCUT2D eigenvalue weighted by Crippen LogP contribution is 2.30. The Hall–Kier alpha value is -0.900. The van der Waals surface area contributed by atoms with Gasteiger partial charge in [-0.05, 0) is 0 Å². The Balaban J connectivity index is 0.00000361. The van der Waals surface area contributed by atoms with E-state index < -0.39 is 23.8 Å². The van der Waals surface area contributed by atoms with E-state index in [1.165, 1.54) is 19.1 Å². The zero-order chi connectivity index (χ0) is 14.6. The van der Waals surface area contributed by atoms with Crippen LogP contribution < -0.4 is 5.73 Å². The lowest BCUT2D eigenvalue weighted by Crippen LogP contribution is -2.44. The molecule has 1 heterocycles. The third-order valence-corrected chi connectivity index (χ3v) is 3.09. The Labute approximate surface area is 124 Å². The Kier molecular flexibility index (Phi) is 7.42. The van der Waals surface area contributed by atoms with E-state index in [4.69, 9.17) is 10.5 Å². The van der Waals surface area contributed by atoms with Gasteiger partial charge < -0.3 is 15.4 Å². The third kappa shape index (κ3) is 5.23. The molecule has 1 unspecified atom stereocenters. The molecule has 1 aromatic rings. The molecule has 0 aliphatic carbocycles. The van der Waals surface area contributed by atoms with Crippen LogP contribution in [0.1, 0.15) is 10.7 Å². The first-order valence-corrected chi connectivity index (χ1v) is 6.14. The number of rotatable bonds is 5. The number of carbonyl (C=O) groups is 1. The third-order valence-electron chi connectivity index (χ3n) is 2.25. The summed E-state index contributed by atoms with van der Waals surface area (Å²) in [5.74, 6) is -0.411. The van der Waals surface area contributed by atoms with Crippen LogP contribution >= 0.6 is 23.7 Å². The number of nitrogens with two attached hydrogens (primary N) is 1. The van der Waals surface area contributed by atoms with Crippen molar-refractivity contribution in [2.45, 2.75) is 18.8 Å². The van der Waals surface area contributed by atoms with Crippen LogP contribution in [0, 0.1) is 0 Å². The molecule has 0 saturated carbocycles. The van der Waals surface area contributed by atoms with Crippen molar-refractivity contribution >= 4 is 29.7 Å². The van der Waals surface area contributed by atoms with E-state index in [2.05, 4.69) is 4.98 Å². The summed E-state index contributed by atoms with van der Waals surface area (Å²) >= 11 is 0.850. The molecule has 0 spiro atoms. The fraction of sp³-hybridized carbons (Fsp3) is 0.600. The van der Waals surface area contributed by atoms with E-state index in [1.54, 1.807) is 0 Å². The van der Waals surface area contributed by atoms with E-state index in [1.807, 2.05) is 0 Å². The van der Waals surface area contributed by atoms with Gasteiger partial charge in [-0.2, -0.15) is 13.2 Å². The molecule has 0 aliphatic rings. The first kappa shape index (κ1) is 19.1. The zero-order valence-electron chi connectivity index (χ0n) is 10.8. The molecule has 0 bridgehead atoms. The summed E-state index contributed by atoms with van der Waals surface area (Å²) in [6.07, 6.45) is -4.47. The van der Waals surface area contributed by atoms with Gasteiger partial charge in [-0.25, -0.2) is 4.98 Å². The van der Waals surface area contributed by atoms with E-state index in [-0.39, 0.29) is 30.6 Å². The molecule has 2 N–H and O–H groups in total. The molecule has 0 aromatic carbocycles. The van der Waals surface area contributed by atoms with E-state index >= 15 is 0 Å². The minimum atomic E-state index is -4.47. The number of hydrogen-bond acceptors (Lipinski definition) is 5. The van der Waals surface area contributed by atoms with Crippen LogP contribution in [-0.2, 0) is 22.3 Å². The van der Waals surface area contributed by atoms with E-state index in [0.29, 0.717) is 0 Å². The second-order valence-electron chi connectivity index (χ2n) is 3.88. The van der Waals surface area contributed by atoms with Crippen LogP contribution in [0.25, 0.3) is 0 Å². The van der Waals surface area contributed by atoms with Gasteiger partial charge in [0.1, 0.15) is 11.0 Å². The van der Waals surface area contributed by atoms with Crippen LogP contribution in [0.15, 0.2) is 5.38 Å². The van der Waals surface area contributed by atoms with Gasteiger partial charge in [-0.3, -0.25) is 4.79 Å². The standard InChI is InChI=1S/C10H14F3N3O2S.ClH/c1-16(9(17)6(14)4-18-2)3-8-15-7(5-19-8)10(11,12)13;/h5-6H,3-4,14H2,1-2H3;1H. The average molecular weight is 334 g/mol. The van der Waals surface area contributed by atoms with Gasteiger partial charge in [0.2, 0.25) is 5.91 Å². The summed E-state index contributed by atoms with van der Waals surface area (Å²) < 4.78 is 41.8. The number of alkyl halides is 3. The van der Waals surface area contributed by atoms with Crippen molar-refractivity contribution < 1.29 is 22.7 Å². The fourth-order valence-electron chi connectivity index (χ4n) is 1.33. The minimum Gasteiger partial charge on any atom is -0.383 e. The number of hydrogen-bond donors (Lipinski definition) is 1. The highest BCUT2D eigenvalue weighted by atomic mass is 35.5. The minimum absolute atomic E-state index is 0. The zero-order valence-corrected chi connectivity index (χ0v) is 12.4. The number of carbonyl (C=O) groups excluding carboxylic acids is 1. The summed E-state index contributed by atoms with van der Waals surface area (Å²) in [5.41, 5.74) is 4.59. The molecular weight excluding hydrogens is 319 g/mol. The van der Waals surface area contributed by atoms with Crippen molar-refractivity contribution in [2.24, 2.45) is 5.73 Å². The van der Waals surface area contributed by atoms with Crippen molar-refractivity contribution in [3.05, 3.63) is 16.1 Å². The Morgan fingerprint density at radius 1 is 1.60 bits per heavy atom. The predicted octanol–water partition coefficient (Wildman–Crippen LogP) is 1.52. The molecule has 1 rings (SSSR count). The van der Waals surface area contributed by atoms with Gasteiger partial charge >= 0.3 is 6.18 Å². The second kappa shape index (κ2) is 7.77. The first-order chi connectivity index (χ1) is 8.75. The summed E-state index contributed by atoms with van der Waals surface area (Å²) in [6, 6.07) is -0.836. The van der Waals surface area contributed by atoms with Crippen LogP contribution in [0.4, 0.5) is 13.2 Å². The molecule has 0 fully saturated rings. The van der Waals surface area contributed by atoms with Gasteiger partial charge in [-0.1, -0.05) is 0 Å². The number of methoxy groups -OCH3 is 1. The van der Waals surface area contributed by atoms with Crippen molar-refractivity contribution in [1.82, 2.24) is 9.88 Å². The van der Waals surface area contributed by atoms with Gasteiger partial charge in [0.15, 0.2) is 5.69 Å². The maximum absolute atomic E-state index is 12.4. The maximum Gasteiger partial charge on any atom is 0.434 e. The van der Waals surface area contributed by atoms with Crippen molar-refractivity contribution in [1.29, 1.82) is 0 Å². The summed E-state index contributed by atoms with van der Waals surface area (Å²) in [7, 11) is 2.86. The molecule has 0 radical (unpaired) electrons. The van der Waals surface area contributed by atoms with Crippen LogP contribution in [0.2, 0.25) is 0 Å². The molecule has 10 heteroatoms. The maximum atomic E-state index is 12.4. The first-order valence-electron chi connectivity index (χ1n) is 5.26. The number of likely N-dealkylation sites (N-methyl/N-ethyl adjacent to an activating group) is 1. The highest BCUT2D eigenvalue weighted by molar-refractivity contribution is 7.09. The number of ether oxygens (including phenoxy) is 1. The molecule has 1 aromatic heterocycles. The highest BCUT2D eigenvalue weighted by Gasteiger charge is 2.33. The molecule has 0 aliphatic heterocycles. The van der Waals surface area contributed by atoms with E-state index in [9.17, 15) is 18.0 Å². The largest absolute Gasteiger partial charge is 0.434 e. The van der Waals surface area contributed by atoms with Crippen molar-refractivity contribution in [2.75, 3.05) is 20.8 Å². The van der Waals surface area contributed by atoms with Crippen LogP contribution in [0.5, 0.6) is 0 Å². The molecule has 116 valence electrons. The van der Waals surface area contributed by atoms with Crippen LogP contribution in [0.3, 0.4) is 0 Å². The lowest BCUT2D eigenvalue weighted by atomic mass is 10.3. The summed E-state index contributed by atoms with van der Waals surface area (Å²) in [4.78, 5) is 16.4. The van der Waals surface area contributed by atoms with Crippen molar-refractivity contribution in [3.8, 4) is 0 Å². The molecule has 0 saturated heterocycles. The fourth-order valence-corrected chi connectivity index (χ4v) is 2.18. The Morgan fingerprint density at radius 3 is 2.65 bits per heavy atom. The van der Waals surface area contributed by atoms with E-state index in [0.717, 1.165) is 16.7 Å². The number of aromatic nitrogens is 1. The molecule has 5 nitrogen and oxygen atoms in total. The number of amides is 1. The quantitative estimate of drug-likeness (QED) is 0.887. The molecule has 1 amide bonds. The topological polar surface area (TPSA) is 68.5 Å². The smallest absolute Gasteiger partial charge is 0.383 e. The Bertz CT molecular complexity index is 442. The van der Waals surface area contributed by atoms with Gasteiger partial charge in [-0.15, -0.1) is 23.7 Å². The number of halogens is 4. The van der Waals surface area contributed by atoms with Gasteiger partial charge in [0.05, 0.1) is 13.2 Å². The average Bonchev–Trinajstić information content (AvgIpc) is 2.76. The molecule has 20 heavy (non-hydrogen) atoms. The van der Waals surface area contributed by atoms with Crippen LogP contribution in [-0.4, -0.2) is 42.6 Å². The number of nitrogens with zero attached hydrogens (tertiary/aromatic N) is 2. The SMILES string of the molecule is COCC(N)C(=O)N(C)Cc1nc(C(F)(F)F)cs1.Cl. The monoisotopic (exact) mass is 333 g/mol. The second-order valence-corrected chi connectivity index (χ2v) is 4.82.